The smallest absolute Gasteiger partial charge is 0.139 e. The average molecular weight is 310 g/mol. The molecule has 0 amide bonds. The van der Waals surface area contributed by atoms with Crippen LogP contribution in [0.5, 0.6) is 5.75 Å². The van der Waals surface area contributed by atoms with Crippen molar-refractivity contribution in [3.63, 3.8) is 0 Å². The monoisotopic (exact) mass is 309 g/mol. The Bertz CT molecular complexity index is 660. The van der Waals surface area contributed by atoms with Crippen LogP contribution in [0.25, 0.3) is 0 Å². The zero-order valence-electron chi connectivity index (χ0n) is 10.8. The van der Waals surface area contributed by atoms with E-state index in [1.807, 2.05) is 13.0 Å². The lowest BCUT2D eigenvalue weighted by atomic mass is 10.1. The van der Waals surface area contributed by atoms with Gasteiger partial charge in [0.2, 0.25) is 0 Å². The molecule has 2 N–H and O–H groups in total. The van der Waals surface area contributed by atoms with Gasteiger partial charge in [0.1, 0.15) is 23.2 Å². The number of ether oxygens (including phenoxy) is 1. The Morgan fingerprint density at radius 1 is 1.35 bits per heavy atom. The molecule has 0 aromatic heterocycles. The summed E-state index contributed by atoms with van der Waals surface area (Å²) in [5.41, 5.74) is 7.09. The standard InChI is InChI=1S/C15H13ClFNOS/c1-9-5-6-13(12(16)7-9)19-8-10-3-2-4-11(14(10)17)15(18)20/h2-7H,8H2,1H3,(H2,18,20). The fourth-order valence-electron chi connectivity index (χ4n) is 1.76. The SMILES string of the molecule is Cc1ccc(OCc2cccc(C(N)=S)c2F)c(Cl)c1. The van der Waals surface area contributed by atoms with E-state index in [-0.39, 0.29) is 17.2 Å². The molecule has 0 atom stereocenters. The van der Waals surface area contributed by atoms with Gasteiger partial charge in [-0.05, 0) is 30.7 Å². The fourth-order valence-corrected chi connectivity index (χ4v) is 2.21. The summed E-state index contributed by atoms with van der Waals surface area (Å²) in [6.45, 7) is 1.99. The van der Waals surface area contributed by atoms with Crippen LogP contribution in [0.3, 0.4) is 0 Å². The molecule has 2 aromatic rings. The van der Waals surface area contributed by atoms with Gasteiger partial charge >= 0.3 is 0 Å². The third-order valence-electron chi connectivity index (χ3n) is 2.81. The van der Waals surface area contributed by atoms with E-state index in [0.29, 0.717) is 16.3 Å². The van der Waals surface area contributed by atoms with Crippen molar-refractivity contribution in [1.82, 2.24) is 0 Å². The first-order chi connectivity index (χ1) is 9.49. The van der Waals surface area contributed by atoms with Gasteiger partial charge in [-0.3, -0.25) is 0 Å². The number of hydrogen-bond acceptors (Lipinski definition) is 2. The molecule has 0 spiro atoms. The molecule has 2 aromatic carbocycles. The Balaban J connectivity index is 2.19. The number of halogens is 2. The van der Waals surface area contributed by atoms with Crippen LogP contribution in [0.1, 0.15) is 16.7 Å². The Morgan fingerprint density at radius 2 is 2.10 bits per heavy atom. The molecule has 0 saturated carbocycles. The molecule has 0 aliphatic heterocycles. The molecule has 2 rings (SSSR count). The van der Waals surface area contributed by atoms with Gasteiger partial charge in [-0.2, -0.15) is 0 Å². The third-order valence-corrected chi connectivity index (χ3v) is 3.33. The summed E-state index contributed by atoms with van der Waals surface area (Å²) in [6.07, 6.45) is 0. The average Bonchev–Trinajstić information content (AvgIpc) is 2.39. The topological polar surface area (TPSA) is 35.2 Å². The molecule has 0 unspecified atom stereocenters. The van der Waals surface area contributed by atoms with Crippen molar-refractivity contribution in [3.8, 4) is 5.75 Å². The summed E-state index contributed by atoms with van der Waals surface area (Å²) in [6, 6.07) is 10.3. The van der Waals surface area contributed by atoms with E-state index in [0.717, 1.165) is 5.56 Å². The van der Waals surface area contributed by atoms with Gasteiger partial charge in [0.05, 0.1) is 5.02 Å². The number of hydrogen-bond donors (Lipinski definition) is 1. The van der Waals surface area contributed by atoms with Crippen LogP contribution in [0.2, 0.25) is 5.02 Å². The molecule has 0 bridgehead atoms. The van der Waals surface area contributed by atoms with Gasteiger partial charge in [0.25, 0.3) is 0 Å². The first kappa shape index (κ1) is 14.8. The van der Waals surface area contributed by atoms with Crippen LogP contribution in [0, 0.1) is 12.7 Å². The lowest BCUT2D eigenvalue weighted by molar-refractivity contribution is 0.300. The lowest BCUT2D eigenvalue weighted by Crippen LogP contribution is -2.13. The number of thiocarbonyl (C=S) groups is 1. The van der Waals surface area contributed by atoms with Crippen LogP contribution in [0.4, 0.5) is 4.39 Å². The van der Waals surface area contributed by atoms with Crippen molar-refractivity contribution < 1.29 is 9.13 Å². The molecule has 0 fully saturated rings. The molecule has 0 aliphatic carbocycles. The maximum atomic E-state index is 14.1. The second kappa shape index (κ2) is 6.20. The van der Waals surface area contributed by atoms with Crippen molar-refractivity contribution in [2.45, 2.75) is 13.5 Å². The largest absolute Gasteiger partial charge is 0.487 e. The Hall–Kier alpha value is -1.65. The molecule has 0 heterocycles. The van der Waals surface area contributed by atoms with E-state index in [1.165, 1.54) is 0 Å². The van der Waals surface area contributed by atoms with Crippen LogP contribution < -0.4 is 10.5 Å². The number of aryl methyl sites for hydroxylation is 1. The number of nitrogens with two attached hydrogens (primary N) is 1. The van der Waals surface area contributed by atoms with Crippen molar-refractivity contribution in [3.05, 3.63) is 63.9 Å². The molecule has 2 nitrogen and oxygen atoms in total. The summed E-state index contributed by atoms with van der Waals surface area (Å²) in [5.74, 6) is 0.0561. The Labute approximate surface area is 127 Å². The van der Waals surface area contributed by atoms with Gasteiger partial charge in [-0.25, -0.2) is 4.39 Å². The van der Waals surface area contributed by atoms with Gasteiger partial charge < -0.3 is 10.5 Å². The van der Waals surface area contributed by atoms with E-state index in [4.69, 9.17) is 34.3 Å². The number of rotatable bonds is 4. The molecule has 104 valence electrons. The van der Waals surface area contributed by atoms with Crippen molar-refractivity contribution in [1.29, 1.82) is 0 Å². The normalized spacial score (nSPS) is 10.3. The minimum absolute atomic E-state index is 0.0257. The lowest BCUT2D eigenvalue weighted by Gasteiger charge is -2.11. The molecular formula is C15H13ClFNOS. The second-order valence-corrected chi connectivity index (χ2v) is 5.21. The van der Waals surface area contributed by atoms with E-state index in [1.54, 1.807) is 30.3 Å². The highest BCUT2D eigenvalue weighted by molar-refractivity contribution is 7.80. The summed E-state index contributed by atoms with van der Waals surface area (Å²) in [5, 5.41) is 0.496. The van der Waals surface area contributed by atoms with Crippen molar-refractivity contribution in [2.24, 2.45) is 5.73 Å². The van der Waals surface area contributed by atoms with E-state index < -0.39 is 5.82 Å². The fraction of sp³-hybridized carbons (Fsp3) is 0.133. The van der Waals surface area contributed by atoms with Crippen LogP contribution in [-0.2, 0) is 6.61 Å². The summed E-state index contributed by atoms with van der Waals surface area (Å²) in [7, 11) is 0. The van der Waals surface area contributed by atoms with Crippen LogP contribution >= 0.6 is 23.8 Å². The zero-order chi connectivity index (χ0) is 14.7. The third kappa shape index (κ3) is 3.26. The first-order valence-corrected chi connectivity index (χ1v) is 6.74. The summed E-state index contributed by atoms with van der Waals surface area (Å²) in [4.78, 5) is 0.0257. The molecule has 0 radical (unpaired) electrons. The minimum Gasteiger partial charge on any atom is -0.487 e. The highest BCUT2D eigenvalue weighted by Crippen LogP contribution is 2.26. The first-order valence-electron chi connectivity index (χ1n) is 5.95. The second-order valence-electron chi connectivity index (χ2n) is 4.37. The predicted octanol–water partition coefficient (Wildman–Crippen LogP) is 4.00. The Morgan fingerprint density at radius 3 is 2.75 bits per heavy atom. The molecule has 0 saturated heterocycles. The van der Waals surface area contributed by atoms with E-state index in [2.05, 4.69) is 0 Å². The van der Waals surface area contributed by atoms with Crippen LogP contribution in [0.15, 0.2) is 36.4 Å². The van der Waals surface area contributed by atoms with Gasteiger partial charge in [-0.1, -0.05) is 42.0 Å². The molecular weight excluding hydrogens is 297 g/mol. The summed E-state index contributed by atoms with van der Waals surface area (Å²) >= 11 is 10.9. The molecule has 20 heavy (non-hydrogen) atoms. The highest BCUT2D eigenvalue weighted by atomic mass is 35.5. The van der Waals surface area contributed by atoms with Crippen molar-refractivity contribution in [2.75, 3.05) is 0 Å². The van der Waals surface area contributed by atoms with E-state index in [9.17, 15) is 4.39 Å². The highest BCUT2D eigenvalue weighted by Gasteiger charge is 2.11. The maximum absolute atomic E-state index is 14.1. The number of benzene rings is 2. The predicted molar refractivity (Wildman–Crippen MR) is 82.8 cm³/mol. The van der Waals surface area contributed by atoms with Crippen molar-refractivity contribution >= 4 is 28.8 Å². The zero-order valence-corrected chi connectivity index (χ0v) is 12.4. The van der Waals surface area contributed by atoms with Gasteiger partial charge in [0.15, 0.2) is 0 Å². The minimum atomic E-state index is -0.455. The van der Waals surface area contributed by atoms with Gasteiger partial charge in [-0.15, -0.1) is 0 Å². The molecule has 5 heteroatoms. The molecule has 0 aliphatic rings. The van der Waals surface area contributed by atoms with Crippen LogP contribution in [-0.4, -0.2) is 4.99 Å². The maximum Gasteiger partial charge on any atom is 0.139 e. The Kier molecular flexibility index (Phi) is 4.57. The summed E-state index contributed by atoms with van der Waals surface area (Å²) < 4.78 is 19.6. The van der Waals surface area contributed by atoms with E-state index >= 15 is 0 Å². The van der Waals surface area contributed by atoms with Gasteiger partial charge in [0, 0.05) is 11.1 Å². The quantitative estimate of drug-likeness (QED) is 0.867.